The zero-order chi connectivity index (χ0) is 13.4. The van der Waals surface area contributed by atoms with E-state index in [1.807, 2.05) is 5.38 Å². The van der Waals surface area contributed by atoms with Crippen LogP contribution in [-0.4, -0.2) is 15.8 Å². The molecule has 19 heavy (non-hydrogen) atoms. The zero-order valence-electron chi connectivity index (χ0n) is 9.43. The fraction of sp³-hybridized carbons (Fsp3) is 0. The van der Waals surface area contributed by atoms with Crippen molar-refractivity contribution in [2.45, 2.75) is 0 Å². The van der Waals surface area contributed by atoms with E-state index in [1.54, 1.807) is 6.07 Å². The Morgan fingerprint density at radius 3 is 2.63 bits per heavy atom. The number of nitrogens with zero attached hydrogens (tertiary/aromatic N) is 2. The first-order valence-electron chi connectivity index (χ1n) is 5.36. The second-order valence-corrected chi connectivity index (χ2v) is 5.08. The molecule has 0 N–H and O–H groups in total. The molecule has 6 heteroatoms. The Morgan fingerprint density at radius 1 is 1.16 bits per heavy atom. The summed E-state index contributed by atoms with van der Waals surface area (Å²) < 4.78 is 13.6. The van der Waals surface area contributed by atoms with Gasteiger partial charge in [0.05, 0.1) is 10.2 Å². The summed E-state index contributed by atoms with van der Waals surface area (Å²) in [6.45, 7) is 0. The molecule has 0 aliphatic heterocycles. The van der Waals surface area contributed by atoms with E-state index < -0.39 is 5.82 Å². The molecular formula is C13H6ClFN2OS. The molecule has 0 fully saturated rings. The maximum Gasteiger partial charge on any atom is 0.230 e. The Bertz CT molecular complexity index is 770. The largest absolute Gasteiger partial charge is 0.285 e. The van der Waals surface area contributed by atoms with Gasteiger partial charge < -0.3 is 0 Å². The number of rotatable bonds is 2. The summed E-state index contributed by atoms with van der Waals surface area (Å²) in [5.74, 6) is -0.763. The molecule has 0 saturated heterocycles. The fourth-order valence-electron chi connectivity index (χ4n) is 1.66. The van der Waals surface area contributed by atoms with Crippen molar-refractivity contribution in [2.75, 3.05) is 0 Å². The van der Waals surface area contributed by atoms with Gasteiger partial charge in [0.1, 0.15) is 5.82 Å². The van der Waals surface area contributed by atoms with E-state index in [4.69, 9.17) is 11.6 Å². The normalized spacial score (nSPS) is 10.8. The van der Waals surface area contributed by atoms with E-state index in [-0.39, 0.29) is 16.8 Å². The summed E-state index contributed by atoms with van der Waals surface area (Å²) >= 11 is 7.42. The van der Waals surface area contributed by atoms with Crippen molar-refractivity contribution in [3.8, 4) is 0 Å². The Morgan fingerprint density at radius 2 is 1.89 bits per heavy atom. The number of aromatic nitrogens is 2. The van der Waals surface area contributed by atoms with E-state index in [9.17, 15) is 9.18 Å². The smallest absolute Gasteiger partial charge is 0.230 e. The van der Waals surface area contributed by atoms with Crippen LogP contribution in [0.15, 0.2) is 35.7 Å². The number of halogens is 2. The van der Waals surface area contributed by atoms with Gasteiger partial charge in [-0.05, 0) is 35.7 Å². The van der Waals surface area contributed by atoms with Crippen LogP contribution in [-0.2, 0) is 0 Å². The fourth-order valence-corrected chi connectivity index (χ4v) is 2.68. The summed E-state index contributed by atoms with van der Waals surface area (Å²) in [6.07, 6.45) is 0. The topological polar surface area (TPSA) is 42.9 Å². The van der Waals surface area contributed by atoms with Crippen LogP contribution < -0.4 is 0 Å². The van der Waals surface area contributed by atoms with Gasteiger partial charge in [-0.1, -0.05) is 11.6 Å². The lowest BCUT2D eigenvalue weighted by molar-refractivity contribution is 0.102. The second-order valence-electron chi connectivity index (χ2n) is 3.81. The molecule has 2 aromatic heterocycles. The molecule has 2 heterocycles. The lowest BCUT2D eigenvalue weighted by Crippen LogP contribution is -2.07. The summed E-state index contributed by atoms with van der Waals surface area (Å²) in [6, 6.07) is 7.00. The number of carbonyl (C=O) groups is 1. The third-order valence-electron chi connectivity index (χ3n) is 2.57. The number of carbonyl (C=O) groups excluding carboxylic acids is 1. The molecule has 0 aliphatic rings. The minimum absolute atomic E-state index is 0.0162. The lowest BCUT2D eigenvalue weighted by Gasteiger charge is -2.01. The van der Waals surface area contributed by atoms with Crippen molar-refractivity contribution in [1.82, 2.24) is 9.97 Å². The SMILES string of the molecule is O=C(c1ccc(F)cc1)c1nc(Cl)c2sccc2n1. The van der Waals surface area contributed by atoms with Crippen LogP contribution in [0.4, 0.5) is 4.39 Å². The first-order chi connectivity index (χ1) is 9.15. The molecule has 3 aromatic rings. The summed E-state index contributed by atoms with van der Waals surface area (Å²) in [4.78, 5) is 20.3. The number of fused-ring (bicyclic) bond motifs is 1. The first-order valence-corrected chi connectivity index (χ1v) is 6.62. The zero-order valence-corrected chi connectivity index (χ0v) is 11.0. The van der Waals surface area contributed by atoms with Gasteiger partial charge in [-0.25, -0.2) is 14.4 Å². The third kappa shape index (κ3) is 2.22. The van der Waals surface area contributed by atoms with Gasteiger partial charge in [0, 0.05) is 5.56 Å². The minimum Gasteiger partial charge on any atom is -0.285 e. The van der Waals surface area contributed by atoms with Crippen molar-refractivity contribution < 1.29 is 9.18 Å². The van der Waals surface area contributed by atoms with Crippen molar-refractivity contribution in [3.05, 3.63) is 58.1 Å². The number of benzene rings is 1. The molecule has 0 radical (unpaired) electrons. The summed E-state index contributed by atoms with van der Waals surface area (Å²) in [5, 5.41) is 2.09. The molecule has 0 bridgehead atoms. The van der Waals surface area contributed by atoms with Crippen molar-refractivity contribution >= 4 is 38.9 Å². The highest BCUT2D eigenvalue weighted by atomic mass is 35.5. The highest BCUT2D eigenvalue weighted by Crippen LogP contribution is 2.26. The maximum atomic E-state index is 12.8. The highest BCUT2D eigenvalue weighted by Gasteiger charge is 2.15. The molecule has 0 saturated carbocycles. The van der Waals surface area contributed by atoms with Gasteiger partial charge in [0.2, 0.25) is 11.6 Å². The lowest BCUT2D eigenvalue weighted by atomic mass is 10.1. The van der Waals surface area contributed by atoms with Crippen LogP contribution in [0.2, 0.25) is 5.15 Å². The molecule has 3 nitrogen and oxygen atoms in total. The predicted molar refractivity (Wildman–Crippen MR) is 72.3 cm³/mol. The molecule has 0 spiro atoms. The Labute approximate surface area is 116 Å². The van der Waals surface area contributed by atoms with Gasteiger partial charge in [0.25, 0.3) is 0 Å². The van der Waals surface area contributed by atoms with Crippen molar-refractivity contribution in [3.63, 3.8) is 0 Å². The van der Waals surface area contributed by atoms with E-state index in [0.29, 0.717) is 11.1 Å². The molecule has 0 unspecified atom stereocenters. The number of thiophene rings is 1. The quantitative estimate of drug-likeness (QED) is 0.534. The van der Waals surface area contributed by atoms with Crippen LogP contribution in [0.1, 0.15) is 16.2 Å². The van der Waals surface area contributed by atoms with Gasteiger partial charge in [-0.15, -0.1) is 11.3 Å². The van der Waals surface area contributed by atoms with E-state index in [1.165, 1.54) is 35.6 Å². The monoisotopic (exact) mass is 292 g/mol. The number of ketones is 1. The van der Waals surface area contributed by atoms with Gasteiger partial charge >= 0.3 is 0 Å². The van der Waals surface area contributed by atoms with E-state index in [2.05, 4.69) is 9.97 Å². The van der Waals surface area contributed by atoms with Crippen LogP contribution in [0.3, 0.4) is 0 Å². The number of hydrogen-bond acceptors (Lipinski definition) is 4. The third-order valence-corrected chi connectivity index (χ3v) is 3.87. The van der Waals surface area contributed by atoms with Gasteiger partial charge in [-0.3, -0.25) is 4.79 Å². The highest BCUT2D eigenvalue weighted by molar-refractivity contribution is 7.17. The Balaban J connectivity index is 2.08. The van der Waals surface area contributed by atoms with E-state index in [0.717, 1.165) is 4.70 Å². The minimum atomic E-state index is -0.399. The first kappa shape index (κ1) is 12.2. The Kier molecular flexibility index (Phi) is 3.00. The van der Waals surface area contributed by atoms with Crippen molar-refractivity contribution in [2.24, 2.45) is 0 Å². The average Bonchev–Trinajstić information content (AvgIpc) is 2.87. The van der Waals surface area contributed by atoms with Gasteiger partial charge in [-0.2, -0.15) is 0 Å². The molecule has 0 amide bonds. The number of hydrogen-bond donors (Lipinski definition) is 0. The van der Waals surface area contributed by atoms with Crippen LogP contribution >= 0.6 is 22.9 Å². The standard InChI is InChI=1S/C13H6ClFN2OS/c14-12-11-9(5-6-19-11)16-13(17-12)10(18)7-1-3-8(15)4-2-7/h1-6H. The average molecular weight is 293 g/mol. The summed E-state index contributed by atoms with van der Waals surface area (Å²) in [5.41, 5.74) is 0.961. The molecular weight excluding hydrogens is 287 g/mol. The molecule has 3 rings (SSSR count). The summed E-state index contributed by atoms with van der Waals surface area (Å²) in [7, 11) is 0. The molecule has 1 aromatic carbocycles. The Hall–Kier alpha value is -1.85. The predicted octanol–water partition coefficient (Wildman–Crippen LogP) is 3.71. The van der Waals surface area contributed by atoms with Crippen LogP contribution in [0.5, 0.6) is 0 Å². The van der Waals surface area contributed by atoms with E-state index >= 15 is 0 Å². The molecule has 0 atom stereocenters. The van der Waals surface area contributed by atoms with Gasteiger partial charge in [0.15, 0.2) is 5.15 Å². The molecule has 0 aliphatic carbocycles. The van der Waals surface area contributed by atoms with Crippen LogP contribution in [0, 0.1) is 5.82 Å². The van der Waals surface area contributed by atoms with Crippen molar-refractivity contribution in [1.29, 1.82) is 0 Å². The second kappa shape index (κ2) is 4.68. The van der Waals surface area contributed by atoms with Crippen LogP contribution in [0.25, 0.3) is 10.2 Å². The maximum absolute atomic E-state index is 12.8. The molecule has 94 valence electrons.